The van der Waals surface area contributed by atoms with E-state index in [1.54, 1.807) is 0 Å². The van der Waals surface area contributed by atoms with Gasteiger partial charge in [-0.3, -0.25) is 0 Å². The van der Waals surface area contributed by atoms with E-state index in [4.69, 9.17) is 10.2 Å². The fraction of sp³-hybridized carbons (Fsp3) is 0.0233. The van der Waals surface area contributed by atoms with Crippen LogP contribution >= 0.6 is 0 Å². The van der Waals surface area contributed by atoms with E-state index in [9.17, 15) is 0 Å². The zero-order chi connectivity index (χ0) is 32.9. The van der Waals surface area contributed by atoms with Crippen molar-refractivity contribution in [3.05, 3.63) is 207 Å². The van der Waals surface area contributed by atoms with E-state index in [0.717, 1.165) is 0 Å². The van der Waals surface area contributed by atoms with Gasteiger partial charge in [-0.25, -0.2) is 0 Å². The summed E-state index contributed by atoms with van der Waals surface area (Å²) in [5.74, 6) is 0. The average molecular weight is 846 g/mol. The molecule has 236 valence electrons. The van der Waals surface area contributed by atoms with E-state index in [-0.39, 0.29) is 0 Å². The molecule has 0 saturated heterocycles. The molecule has 2 aromatic heterocycles. The summed E-state index contributed by atoms with van der Waals surface area (Å²) in [6, 6.07) is 71.4. The Labute approximate surface area is 296 Å². The molecule has 0 aliphatic rings. The number of hydrogen-bond donors (Lipinski definition) is 0. The van der Waals surface area contributed by atoms with Gasteiger partial charge in [0.25, 0.3) is 0 Å². The molecule has 0 bridgehead atoms. The molecule has 4 nitrogen and oxygen atoms in total. The third kappa shape index (κ3) is 5.57. The van der Waals surface area contributed by atoms with Gasteiger partial charge in [0, 0.05) is 0 Å². The van der Waals surface area contributed by atoms with Crippen molar-refractivity contribution in [3.8, 4) is 0 Å². The maximum absolute atomic E-state index is 5.11. The van der Waals surface area contributed by atoms with Gasteiger partial charge in [-0.15, -0.1) is 0 Å². The van der Waals surface area contributed by atoms with Crippen molar-refractivity contribution in [2.75, 3.05) is 0 Å². The molecule has 8 rings (SSSR count). The van der Waals surface area contributed by atoms with Gasteiger partial charge in [-0.1, -0.05) is 0 Å². The molecule has 0 atom stereocenters. The summed E-state index contributed by atoms with van der Waals surface area (Å²) in [5.41, 5.74) is 0. The van der Waals surface area contributed by atoms with Crippen molar-refractivity contribution < 1.29 is 0 Å². The van der Waals surface area contributed by atoms with E-state index < -0.39 is 36.8 Å². The van der Waals surface area contributed by atoms with Gasteiger partial charge in [0.1, 0.15) is 0 Å². The van der Waals surface area contributed by atoms with Crippen molar-refractivity contribution in [2.45, 2.75) is 6.67 Å². The third-order valence-corrected chi connectivity index (χ3v) is 37.1. The van der Waals surface area contributed by atoms with Gasteiger partial charge >= 0.3 is 298 Å². The van der Waals surface area contributed by atoms with Gasteiger partial charge in [0.05, 0.1) is 0 Å². The quantitative estimate of drug-likeness (QED) is 0.199. The summed E-state index contributed by atoms with van der Waals surface area (Å²) in [6.07, 6.45) is 3.97. The zero-order valence-electron chi connectivity index (χ0n) is 27.1. The molecule has 0 amide bonds. The van der Waals surface area contributed by atoms with Crippen molar-refractivity contribution in [1.29, 1.82) is 0 Å². The molecule has 8 aromatic rings. The van der Waals surface area contributed by atoms with Crippen LogP contribution in [-0.2, 0) is 6.67 Å². The standard InChI is InChI=1S/C7H6N4.6C6H5.2Sn/c1-3-8-10(5-1)7-11-6-2-4-9-11;6*1-2-4-6-5-3-1;;/h1-4H,7H2;6*1-5H;;. The summed E-state index contributed by atoms with van der Waals surface area (Å²) in [6.45, 7) is 0.515. The molecule has 0 unspecified atom stereocenters. The minimum absolute atomic E-state index is 0.515. The number of aromatic nitrogens is 4. The first-order chi connectivity index (χ1) is 24.3. The van der Waals surface area contributed by atoms with Crippen LogP contribution in [0.5, 0.6) is 0 Å². The predicted molar refractivity (Wildman–Crippen MR) is 207 cm³/mol. The van der Waals surface area contributed by atoms with Crippen LogP contribution in [0.4, 0.5) is 0 Å². The Morgan fingerprint density at radius 1 is 0.306 bits per heavy atom. The molecule has 6 heteroatoms. The topological polar surface area (TPSA) is 35.6 Å². The van der Waals surface area contributed by atoms with Gasteiger partial charge in [0.15, 0.2) is 0 Å². The van der Waals surface area contributed by atoms with Gasteiger partial charge < -0.3 is 0 Å². The molecular formula is C43H36N4Sn2. The number of rotatable bonds is 10. The van der Waals surface area contributed by atoms with Crippen LogP contribution in [0.25, 0.3) is 0 Å². The second-order valence-electron chi connectivity index (χ2n) is 12.3. The van der Waals surface area contributed by atoms with Gasteiger partial charge in [0.2, 0.25) is 0 Å². The Morgan fingerprint density at radius 2 is 0.531 bits per heavy atom. The Balaban J connectivity index is 1.37. The molecule has 0 aliphatic carbocycles. The fourth-order valence-corrected chi connectivity index (χ4v) is 35.1. The Kier molecular flexibility index (Phi) is 9.06. The Hall–Kier alpha value is -4.66. The van der Waals surface area contributed by atoms with E-state index in [1.165, 1.54) is 28.9 Å². The monoisotopic (exact) mass is 848 g/mol. The van der Waals surface area contributed by atoms with E-state index in [2.05, 4.69) is 203 Å². The van der Waals surface area contributed by atoms with E-state index >= 15 is 0 Å². The number of hydrogen-bond acceptors (Lipinski definition) is 2. The zero-order valence-corrected chi connectivity index (χ0v) is 32.8. The van der Waals surface area contributed by atoms with Crippen molar-refractivity contribution >= 4 is 65.6 Å². The molecule has 0 fully saturated rings. The second kappa shape index (κ2) is 14.1. The molecule has 49 heavy (non-hydrogen) atoms. The van der Waals surface area contributed by atoms with Crippen LogP contribution in [0.1, 0.15) is 0 Å². The van der Waals surface area contributed by atoms with Crippen LogP contribution in [0.3, 0.4) is 0 Å². The maximum atomic E-state index is 5.11. The van der Waals surface area contributed by atoms with Crippen molar-refractivity contribution in [1.82, 2.24) is 19.6 Å². The summed E-state index contributed by atoms with van der Waals surface area (Å²) in [7, 11) is 0. The Bertz CT molecular complexity index is 1880. The summed E-state index contributed by atoms with van der Waals surface area (Å²) in [5, 5.41) is 10.2. The molecule has 0 N–H and O–H groups in total. The molecule has 6 aromatic carbocycles. The van der Waals surface area contributed by atoms with E-state index in [1.807, 2.05) is 12.4 Å². The van der Waals surface area contributed by atoms with Gasteiger partial charge in [-0.2, -0.15) is 0 Å². The molecule has 0 radical (unpaired) electrons. The molecular weight excluding hydrogens is 810 g/mol. The molecule has 0 spiro atoms. The minimum atomic E-state index is -3.92. The summed E-state index contributed by atoms with van der Waals surface area (Å²) < 4.78 is 15.4. The fourth-order valence-electron chi connectivity index (χ4n) is 7.67. The van der Waals surface area contributed by atoms with Crippen LogP contribution in [0.15, 0.2) is 207 Å². The predicted octanol–water partition coefficient (Wildman–Crippen LogP) is 3.34. The SMILES string of the molecule is c1cc[c]([Sn]([c]2ccccc2)([c]2ccccc2)[c]2ccnn2Cn2ncc[c]2[Sn]([c]2ccccc2)([c]2ccccc2)[c]2ccccc2)cc1. The Morgan fingerprint density at radius 3 is 0.755 bits per heavy atom. The average Bonchev–Trinajstić information content (AvgIpc) is 3.86. The molecule has 2 heterocycles. The number of benzene rings is 6. The van der Waals surface area contributed by atoms with Crippen molar-refractivity contribution in [2.24, 2.45) is 0 Å². The molecule has 0 aliphatic heterocycles. The second-order valence-corrected chi connectivity index (χ2v) is 33.6. The first-order valence-electron chi connectivity index (χ1n) is 16.7. The first kappa shape index (κ1) is 31.6. The van der Waals surface area contributed by atoms with Crippen LogP contribution in [0.2, 0.25) is 0 Å². The van der Waals surface area contributed by atoms with Crippen LogP contribution in [-0.4, -0.2) is 56.3 Å². The van der Waals surface area contributed by atoms with Crippen LogP contribution < -0.4 is 28.9 Å². The molecule has 0 saturated carbocycles. The number of nitrogens with zero attached hydrogens (tertiary/aromatic N) is 4. The third-order valence-electron chi connectivity index (χ3n) is 9.71. The normalized spacial score (nSPS) is 11.8. The van der Waals surface area contributed by atoms with Gasteiger partial charge in [-0.05, 0) is 0 Å². The van der Waals surface area contributed by atoms with Crippen molar-refractivity contribution in [3.63, 3.8) is 0 Å². The summed E-state index contributed by atoms with van der Waals surface area (Å²) in [4.78, 5) is 0. The first-order valence-corrected chi connectivity index (χ1v) is 28.1. The summed E-state index contributed by atoms with van der Waals surface area (Å²) >= 11 is -7.85. The van der Waals surface area contributed by atoms with Crippen LogP contribution in [0, 0.1) is 0 Å². The van der Waals surface area contributed by atoms with E-state index in [0.29, 0.717) is 6.67 Å².